The average molecular weight is 343 g/mol. The summed E-state index contributed by atoms with van der Waals surface area (Å²) >= 11 is 0. The van der Waals surface area contributed by atoms with Crippen LogP contribution in [0.4, 0.5) is 8.78 Å². The van der Waals surface area contributed by atoms with E-state index in [0.717, 1.165) is 31.0 Å². The minimum absolute atomic E-state index is 0.156. The first-order valence-electron chi connectivity index (χ1n) is 8.10. The van der Waals surface area contributed by atoms with Crippen molar-refractivity contribution < 1.29 is 18.3 Å². The standard InChI is InChI=1S/C17H27F2N3O2/c1-4-5-11-23-12-10-21-17(20-2)22(3)13-14-6-8-15(9-7-14)24-16(18)19/h6-9,16H,4-5,10-13H2,1-3H3,(H,20,21). The number of alkyl halides is 2. The van der Waals surface area contributed by atoms with Crippen LogP contribution in [0.1, 0.15) is 25.3 Å². The SMILES string of the molecule is CCCCOCCNC(=NC)N(C)Cc1ccc(OC(F)F)cc1. The molecule has 5 nitrogen and oxygen atoms in total. The van der Waals surface area contributed by atoms with Crippen LogP contribution in [0.5, 0.6) is 5.75 Å². The molecule has 1 aromatic rings. The second-order valence-electron chi connectivity index (χ2n) is 5.32. The van der Waals surface area contributed by atoms with Gasteiger partial charge >= 0.3 is 6.61 Å². The second-order valence-corrected chi connectivity index (χ2v) is 5.32. The summed E-state index contributed by atoms with van der Waals surface area (Å²) in [6, 6.07) is 6.59. The van der Waals surface area contributed by atoms with E-state index in [0.29, 0.717) is 19.7 Å². The molecule has 136 valence electrons. The van der Waals surface area contributed by atoms with Gasteiger partial charge in [-0.2, -0.15) is 8.78 Å². The van der Waals surface area contributed by atoms with Crippen LogP contribution in [0.25, 0.3) is 0 Å². The zero-order chi connectivity index (χ0) is 17.8. The van der Waals surface area contributed by atoms with Crippen molar-refractivity contribution in [1.82, 2.24) is 10.2 Å². The summed E-state index contributed by atoms with van der Waals surface area (Å²) in [7, 11) is 3.63. The lowest BCUT2D eigenvalue weighted by Gasteiger charge is -2.22. The smallest absolute Gasteiger partial charge is 0.387 e. The number of halogens is 2. The van der Waals surface area contributed by atoms with Gasteiger partial charge < -0.3 is 19.7 Å². The van der Waals surface area contributed by atoms with Crippen molar-refractivity contribution in [2.75, 3.05) is 33.9 Å². The molecular weight excluding hydrogens is 316 g/mol. The lowest BCUT2D eigenvalue weighted by atomic mass is 10.2. The molecule has 0 heterocycles. The van der Waals surface area contributed by atoms with E-state index in [-0.39, 0.29) is 5.75 Å². The zero-order valence-electron chi connectivity index (χ0n) is 14.6. The summed E-state index contributed by atoms with van der Waals surface area (Å²) in [6.07, 6.45) is 2.19. The molecule has 24 heavy (non-hydrogen) atoms. The first-order valence-corrected chi connectivity index (χ1v) is 8.10. The fourth-order valence-corrected chi connectivity index (χ4v) is 2.09. The van der Waals surface area contributed by atoms with Crippen LogP contribution in [-0.4, -0.2) is 51.3 Å². The fraction of sp³-hybridized carbons (Fsp3) is 0.588. The number of guanidine groups is 1. The maximum Gasteiger partial charge on any atom is 0.387 e. The van der Waals surface area contributed by atoms with Crippen LogP contribution in [0.3, 0.4) is 0 Å². The van der Waals surface area contributed by atoms with Crippen molar-refractivity contribution in [3.8, 4) is 5.75 Å². The van der Waals surface area contributed by atoms with Crippen molar-refractivity contribution in [2.45, 2.75) is 32.9 Å². The number of hydrogen-bond donors (Lipinski definition) is 1. The average Bonchev–Trinajstić information content (AvgIpc) is 2.55. The lowest BCUT2D eigenvalue weighted by molar-refractivity contribution is -0.0498. The molecule has 0 amide bonds. The molecule has 0 saturated heterocycles. The molecule has 0 atom stereocenters. The van der Waals surface area contributed by atoms with E-state index < -0.39 is 6.61 Å². The van der Waals surface area contributed by atoms with Gasteiger partial charge in [0.25, 0.3) is 0 Å². The third kappa shape index (κ3) is 8.10. The Hall–Kier alpha value is -1.89. The topological polar surface area (TPSA) is 46.1 Å². The van der Waals surface area contributed by atoms with Crippen LogP contribution in [0, 0.1) is 0 Å². The third-order valence-electron chi connectivity index (χ3n) is 3.31. The quantitative estimate of drug-likeness (QED) is 0.403. The largest absolute Gasteiger partial charge is 0.435 e. The Kier molecular flexibility index (Phi) is 9.76. The van der Waals surface area contributed by atoms with Gasteiger partial charge in [-0.15, -0.1) is 0 Å². The highest BCUT2D eigenvalue weighted by Crippen LogP contribution is 2.15. The number of nitrogens with zero attached hydrogens (tertiary/aromatic N) is 2. The van der Waals surface area contributed by atoms with E-state index in [4.69, 9.17) is 4.74 Å². The summed E-state index contributed by atoms with van der Waals surface area (Å²) in [5.41, 5.74) is 0.973. The Labute approximate surface area is 142 Å². The monoisotopic (exact) mass is 343 g/mol. The minimum atomic E-state index is -2.80. The molecule has 1 rings (SSSR count). The van der Waals surface area contributed by atoms with Crippen molar-refractivity contribution in [3.63, 3.8) is 0 Å². The molecule has 0 aromatic heterocycles. The zero-order valence-corrected chi connectivity index (χ0v) is 14.6. The summed E-state index contributed by atoms with van der Waals surface area (Å²) < 4.78 is 34.1. The van der Waals surface area contributed by atoms with Crippen LogP contribution >= 0.6 is 0 Å². The number of ether oxygens (including phenoxy) is 2. The van der Waals surface area contributed by atoms with Gasteiger partial charge in [0.05, 0.1) is 6.61 Å². The Morgan fingerprint density at radius 3 is 2.54 bits per heavy atom. The summed E-state index contributed by atoms with van der Waals surface area (Å²) in [6.45, 7) is 2.02. The van der Waals surface area contributed by atoms with Gasteiger partial charge in [-0.1, -0.05) is 25.5 Å². The van der Waals surface area contributed by atoms with E-state index in [2.05, 4.69) is 22.0 Å². The van der Waals surface area contributed by atoms with Gasteiger partial charge in [0.1, 0.15) is 5.75 Å². The van der Waals surface area contributed by atoms with Crippen LogP contribution in [0.15, 0.2) is 29.3 Å². The van der Waals surface area contributed by atoms with Crippen molar-refractivity contribution >= 4 is 5.96 Å². The lowest BCUT2D eigenvalue weighted by Crippen LogP contribution is -2.39. The predicted molar refractivity (Wildman–Crippen MR) is 91.6 cm³/mol. The van der Waals surface area contributed by atoms with Gasteiger partial charge in [-0.05, 0) is 24.1 Å². The molecule has 1 N–H and O–H groups in total. The molecule has 0 fully saturated rings. The Bertz CT molecular complexity index is 481. The molecule has 0 unspecified atom stereocenters. The number of unbranched alkanes of at least 4 members (excludes halogenated alkanes) is 1. The van der Waals surface area contributed by atoms with Crippen LogP contribution in [-0.2, 0) is 11.3 Å². The Morgan fingerprint density at radius 1 is 1.25 bits per heavy atom. The highest BCUT2D eigenvalue weighted by atomic mass is 19.3. The molecule has 0 bridgehead atoms. The first-order chi connectivity index (χ1) is 11.6. The number of benzene rings is 1. The summed E-state index contributed by atoms with van der Waals surface area (Å²) in [5.74, 6) is 0.908. The molecule has 1 aromatic carbocycles. The van der Waals surface area contributed by atoms with Crippen molar-refractivity contribution in [3.05, 3.63) is 29.8 Å². The van der Waals surface area contributed by atoms with E-state index in [1.807, 2.05) is 11.9 Å². The molecule has 0 saturated carbocycles. The number of hydrogen-bond acceptors (Lipinski definition) is 3. The summed E-state index contributed by atoms with van der Waals surface area (Å²) in [5, 5.41) is 3.23. The molecule has 0 spiro atoms. The van der Waals surface area contributed by atoms with Gasteiger partial charge in [0.15, 0.2) is 5.96 Å². The van der Waals surface area contributed by atoms with Crippen molar-refractivity contribution in [1.29, 1.82) is 0 Å². The van der Waals surface area contributed by atoms with E-state index in [1.54, 1.807) is 19.2 Å². The van der Waals surface area contributed by atoms with Crippen molar-refractivity contribution in [2.24, 2.45) is 4.99 Å². The Balaban J connectivity index is 2.39. The molecular formula is C17H27F2N3O2. The molecule has 7 heteroatoms. The normalized spacial score (nSPS) is 11.7. The number of rotatable bonds is 10. The maximum absolute atomic E-state index is 12.1. The van der Waals surface area contributed by atoms with Gasteiger partial charge in [0, 0.05) is 33.8 Å². The van der Waals surface area contributed by atoms with E-state index >= 15 is 0 Å². The third-order valence-corrected chi connectivity index (χ3v) is 3.31. The van der Waals surface area contributed by atoms with Gasteiger partial charge in [0.2, 0.25) is 0 Å². The summed E-state index contributed by atoms with van der Waals surface area (Å²) in [4.78, 5) is 6.18. The van der Waals surface area contributed by atoms with Crippen LogP contribution in [0.2, 0.25) is 0 Å². The fourth-order valence-electron chi connectivity index (χ4n) is 2.09. The first kappa shape index (κ1) is 20.2. The number of nitrogens with one attached hydrogen (secondary N) is 1. The van der Waals surface area contributed by atoms with E-state index in [1.165, 1.54) is 12.1 Å². The van der Waals surface area contributed by atoms with Gasteiger partial charge in [-0.25, -0.2) is 0 Å². The maximum atomic E-state index is 12.1. The highest BCUT2D eigenvalue weighted by Gasteiger charge is 2.08. The highest BCUT2D eigenvalue weighted by molar-refractivity contribution is 5.79. The minimum Gasteiger partial charge on any atom is -0.435 e. The number of aliphatic imine (C=N–C) groups is 1. The Morgan fingerprint density at radius 2 is 1.96 bits per heavy atom. The molecule has 0 aliphatic rings. The molecule has 0 aliphatic heterocycles. The predicted octanol–water partition coefficient (Wildman–Crippen LogP) is 3.11. The molecule has 0 aliphatic carbocycles. The van der Waals surface area contributed by atoms with Gasteiger partial charge in [-0.3, -0.25) is 4.99 Å². The second kappa shape index (κ2) is 11.6. The van der Waals surface area contributed by atoms with Crippen LogP contribution < -0.4 is 10.1 Å². The van der Waals surface area contributed by atoms with E-state index in [9.17, 15) is 8.78 Å². The molecule has 0 radical (unpaired) electrons.